The Morgan fingerprint density at radius 3 is 3.00 bits per heavy atom. The topological polar surface area (TPSA) is 0 Å². The van der Waals surface area contributed by atoms with Crippen molar-refractivity contribution < 1.29 is 0 Å². The first-order chi connectivity index (χ1) is 4.43. The molecule has 9 heavy (non-hydrogen) atoms. The molecule has 0 aromatic rings. The minimum atomic E-state index is 0.577. The second kappa shape index (κ2) is 4.64. The zero-order valence-corrected chi connectivity index (χ0v) is 8.08. The van der Waals surface area contributed by atoms with Crippen LogP contribution in [0.3, 0.4) is 0 Å². The summed E-state index contributed by atoms with van der Waals surface area (Å²) in [5.74, 6) is 0. The summed E-state index contributed by atoms with van der Waals surface area (Å²) in [6.07, 6.45) is 9.21. The summed E-state index contributed by atoms with van der Waals surface area (Å²) in [5, 5.41) is 0. The van der Waals surface area contributed by atoms with Gasteiger partial charge in [-0.25, -0.2) is 0 Å². The molecule has 2 unspecified atom stereocenters. The summed E-state index contributed by atoms with van der Waals surface area (Å²) in [6, 6.07) is 0. The van der Waals surface area contributed by atoms with Gasteiger partial charge in [-0.05, 0) is 31.3 Å². The number of unbranched alkanes of at least 4 members (excludes halogenated alkanes) is 1. The van der Waals surface area contributed by atoms with Gasteiger partial charge in [0.25, 0.3) is 0 Å². The first kappa shape index (κ1) is 7.96. The highest BCUT2D eigenvalue weighted by Gasteiger charge is 2.12. The lowest BCUT2D eigenvalue weighted by Gasteiger charge is -2.06. The normalized spacial score (nSPS) is 29.7. The minimum absolute atomic E-state index is 0.577. The lowest BCUT2D eigenvalue weighted by molar-refractivity contribution is 0.892. The summed E-state index contributed by atoms with van der Waals surface area (Å²) in [4.78, 5) is 0. The maximum atomic E-state index is 2.30. The van der Waals surface area contributed by atoms with Crippen molar-refractivity contribution in [1.29, 1.82) is 0 Å². The van der Waals surface area contributed by atoms with Gasteiger partial charge in [-0.2, -0.15) is 0 Å². The molecule has 0 amide bonds. The summed E-state index contributed by atoms with van der Waals surface area (Å²) in [5.41, 5.74) is 0. The standard InChI is InChI=1S/C7H16P2/c1-2-3-6-9-7-4-5-8-9/h8H,2-7H2,1H3. The second-order valence-electron chi connectivity index (χ2n) is 2.60. The third-order valence-electron chi connectivity index (χ3n) is 1.72. The Balaban J connectivity index is 1.98. The van der Waals surface area contributed by atoms with Gasteiger partial charge in [0.15, 0.2) is 0 Å². The number of hydrogen-bond donors (Lipinski definition) is 0. The first-order valence-electron chi connectivity index (χ1n) is 3.92. The van der Waals surface area contributed by atoms with E-state index in [9.17, 15) is 0 Å². The van der Waals surface area contributed by atoms with Crippen molar-refractivity contribution >= 4 is 15.9 Å². The Kier molecular flexibility index (Phi) is 4.11. The maximum Gasteiger partial charge on any atom is -0.0286 e. The molecular formula is C7H16P2. The van der Waals surface area contributed by atoms with Crippen LogP contribution < -0.4 is 0 Å². The van der Waals surface area contributed by atoms with Crippen molar-refractivity contribution in [2.24, 2.45) is 0 Å². The van der Waals surface area contributed by atoms with Crippen LogP contribution in [0.2, 0.25) is 0 Å². The largest absolute Gasteiger partial charge is 0.0960 e. The molecule has 0 aromatic carbocycles. The minimum Gasteiger partial charge on any atom is -0.0960 e. The molecule has 0 spiro atoms. The third kappa shape index (κ3) is 2.96. The molecule has 1 aliphatic rings. The Labute approximate surface area is 61.2 Å². The van der Waals surface area contributed by atoms with Gasteiger partial charge in [-0.3, -0.25) is 0 Å². The van der Waals surface area contributed by atoms with Crippen molar-refractivity contribution in [2.75, 3.05) is 18.5 Å². The predicted molar refractivity (Wildman–Crippen MR) is 49.4 cm³/mol. The van der Waals surface area contributed by atoms with Crippen LogP contribution in [0, 0.1) is 0 Å². The molecule has 1 fully saturated rings. The molecule has 1 heterocycles. The van der Waals surface area contributed by atoms with Crippen LogP contribution in [-0.4, -0.2) is 18.5 Å². The van der Waals surface area contributed by atoms with E-state index in [0.29, 0.717) is 7.61 Å². The molecule has 0 N–H and O–H groups in total. The van der Waals surface area contributed by atoms with Crippen LogP contribution >= 0.6 is 15.9 Å². The van der Waals surface area contributed by atoms with Crippen LogP contribution in [0.5, 0.6) is 0 Å². The molecule has 1 rings (SSSR count). The van der Waals surface area contributed by atoms with Gasteiger partial charge in [0, 0.05) is 0 Å². The summed E-state index contributed by atoms with van der Waals surface area (Å²) >= 11 is 0. The number of hydrogen-bond acceptors (Lipinski definition) is 0. The lowest BCUT2D eigenvalue weighted by Crippen LogP contribution is -1.79. The zero-order valence-electron chi connectivity index (χ0n) is 6.19. The van der Waals surface area contributed by atoms with E-state index in [1.54, 1.807) is 24.9 Å². The molecule has 0 bridgehead atoms. The van der Waals surface area contributed by atoms with Crippen molar-refractivity contribution in [3.63, 3.8) is 0 Å². The van der Waals surface area contributed by atoms with Crippen LogP contribution in [0.1, 0.15) is 26.2 Å². The molecule has 0 nitrogen and oxygen atoms in total. The van der Waals surface area contributed by atoms with Gasteiger partial charge in [-0.1, -0.05) is 29.2 Å². The Bertz CT molecular complexity index is 67.3. The zero-order chi connectivity index (χ0) is 6.53. The molecule has 2 atom stereocenters. The Morgan fingerprint density at radius 1 is 1.56 bits per heavy atom. The molecular weight excluding hydrogens is 146 g/mol. The monoisotopic (exact) mass is 162 g/mol. The highest BCUT2D eigenvalue weighted by molar-refractivity contribution is 8.22. The molecule has 0 aliphatic carbocycles. The molecule has 1 saturated heterocycles. The third-order valence-corrected chi connectivity index (χ3v) is 7.81. The van der Waals surface area contributed by atoms with Crippen molar-refractivity contribution in [3.8, 4) is 0 Å². The van der Waals surface area contributed by atoms with Gasteiger partial charge in [-0.15, -0.1) is 0 Å². The van der Waals surface area contributed by atoms with Gasteiger partial charge in [0.05, 0.1) is 0 Å². The van der Waals surface area contributed by atoms with Crippen LogP contribution in [-0.2, 0) is 0 Å². The van der Waals surface area contributed by atoms with E-state index in [0.717, 1.165) is 0 Å². The van der Waals surface area contributed by atoms with Gasteiger partial charge < -0.3 is 0 Å². The lowest BCUT2D eigenvalue weighted by atomic mass is 10.4. The van der Waals surface area contributed by atoms with E-state index in [2.05, 4.69) is 6.92 Å². The van der Waals surface area contributed by atoms with Gasteiger partial charge in [0.2, 0.25) is 0 Å². The van der Waals surface area contributed by atoms with E-state index in [-0.39, 0.29) is 0 Å². The van der Waals surface area contributed by atoms with Crippen molar-refractivity contribution in [1.82, 2.24) is 0 Å². The Morgan fingerprint density at radius 2 is 2.44 bits per heavy atom. The highest BCUT2D eigenvalue weighted by atomic mass is 32.0. The van der Waals surface area contributed by atoms with E-state index in [4.69, 9.17) is 0 Å². The fourth-order valence-electron chi connectivity index (χ4n) is 1.13. The van der Waals surface area contributed by atoms with Crippen LogP contribution in [0.25, 0.3) is 0 Å². The van der Waals surface area contributed by atoms with E-state index >= 15 is 0 Å². The molecule has 0 aromatic heterocycles. The van der Waals surface area contributed by atoms with Crippen LogP contribution in [0.15, 0.2) is 0 Å². The smallest absolute Gasteiger partial charge is 0.0286 e. The average Bonchev–Trinajstić information content (AvgIpc) is 2.34. The second-order valence-corrected chi connectivity index (χ2v) is 8.24. The fourth-order valence-corrected chi connectivity index (χ4v) is 7.17. The molecule has 0 radical (unpaired) electrons. The molecule has 2 heteroatoms. The van der Waals surface area contributed by atoms with Gasteiger partial charge >= 0.3 is 0 Å². The van der Waals surface area contributed by atoms with E-state index in [1.807, 2.05) is 0 Å². The molecule has 54 valence electrons. The SMILES string of the molecule is CCCCP1CCCP1. The molecule has 0 saturated carbocycles. The number of rotatable bonds is 3. The summed E-state index contributed by atoms with van der Waals surface area (Å²) in [6.45, 7) is 2.30. The quantitative estimate of drug-likeness (QED) is 0.558. The van der Waals surface area contributed by atoms with E-state index in [1.165, 1.54) is 21.1 Å². The maximum absolute atomic E-state index is 2.30. The predicted octanol–water partition coefficient (Wildman–Crippen LogP) is 3.27. The Hall–Kier alpha value is 0.860. The highest BCUT2D eigenvalue weighted by Crippen LogP contribution is 2.61. The summed E-state index contributed by atoms with van der Waals surface area (Å²) in [7, 11) is 1.95. The van der Waals surface area contributed by atoms with E-state index < -0.39 is 0 Å². The van der Waals surface area contributed by atoms with Crippen molar-refractivity contribution in [3.05, 3.63) is 0 Å². The average molecular weight is 162 g/mol. The van der Waals surface area contributed by atoms with Crippen molar-refractivity contribution in [2.45, 2.75) is 26.2 Å². The molecule has 1 aliphatic heterocycles. The van der Waals surface area contributed by atoms with Crippen LogP contribution in [0.4, 0.5) is 0 Å². The van der Waals surface area contributed by atoms with Gasteiger partial charge in [0.1, 0.15) is 0 Å². The summed E-state index contributed by atoms with van der Waals surface area (Å²) < 4.78 is 0. The fraction of sp³-hybridized carbons (Fsp3) is 1.00. The first-order valence-corrected chi connectivity index (χ1v) is 7.68.